The molecule has 1 N–H and O–H groups in total. The third kappa shape index (κ3) is 6.31. The van der Waals surface area contributed by atoms with Crippen molar-refractivity contribution in [3.8, 4) is 0 Å². The second-order valence-electron chi connectivity index (χ2n) is 6.45. The summed E-state index contributed by atoms with van der Waals surface area (Å²) in [5, 5.41) is 7.21. The lowest BCUT2D eigenvalue weighted by molar-refractivity contribution is -0.135. The Hall–Kier alpha value is -1.39. The van der Waals surface area contributed by atoms with E-state index in [2.05, 4.69) is 20.7 Å². The summed E-state index contributed by atoms with van der Waals surface area (Å²) < 4.78 is 0. The van der Waals surface area contributed by atoms with Crippen molar-refractivity contribution in [2.24, 2.45) is 4.99 Å². The topological polar surface area (TPSA) is 60.8 Å². The van der Waals surface area contributed by atoms with Gasteiger partial charge in [0.2, 0.25) is 5.91 Å². The molecule has 0 radical (unpaired) electrons. The van der Waals surface area contributed by atoms with Gasteiger partial charge in [0.15, 0.2) is 5.96 Å². The molecule has 1 aromatic carbocycles. The lowest BCUT2D eigenvalue weighted by Gasteiger charge is -2.36. The molecular weight excluding hydrogens is 509 g/mol. The summed E-state index contributed by atoms with van der Waals surface area (Å²) in [5.74, 6) is 0.871. The van der Waals surface area contributed by atoms with Crippen LogP contribution in [0.3, 0.4) is 0 Å². The minimum atomic E-state index is 0. The van der Waals surface area contributed by atoms with Gasteiger partial charge in [-0.3, -0.25) is 9.79 Å². The van der Waals surface area contributed by atoms with Crippen molar-refractivity contribution in [2.75, 3.05) is 33.2 Å². The number of aromatic nitrogens is 1. The lowest BCUT2D eigenvalue weighted by atomic mass is 10.2. The lowest BCUT2D eigenvalue weighted by Crippen LogP contribution is -2.55. The highest BCUT2D eigenvalue weighted by Crippen LogP contribution is 2.14. The smallest absolute Gasteiger partial charge is 0.242 e. The number of hydrogen-bond donors (Lipinski definition) is 1. The van der Waals surface area contributed by atoms with E-state index in [9.17, 15) is 4.79 Å². The summed E-state index contributed by atoms with van der Waals surface area (Å²) in [6.45, 7) is 5.13. The van der Waals surface area contributed by atoms with Gasteiger partial charge in [-0.25, -0.2) is 4.98 Å². The number of rotatable bonds is 5. The maximum Gasteiger partial charge on any atom is 0.242 e. The Kier molecular flexibility index (Phi) is 8.97. The average Bonchev–Trinajstić information content (AvgIpc) is 3.07. The van der Waals surface area contributed by atoms with E-state index < -0.39 is 0 Å². The summed E-state index contributed by atoms with van der Waals surface area (Å²) in [7, 11) is 1.75. The van der Waals surface area contributed by atoms with Gasteiger partial charge in [-0.1, -0.05) is 23.7 Å². The Morgan fingerprint density at radius 3 is 2.68 bits per heavy atom. The number of carbonyl (C=O) groups excluding carboxylic acids is 1. The Balaban J connectivity index is 0.00000280. The molecule has 0 spiro atoms. The van der Waals surface area contributed by atoms with Crippen LogP contribution in [0.4, 0.5) is 0 Å². The number of guanidine groups is 1. The molecule has 0 atom stereocenters. The highest BCUT2D eigenvalue weighted by Gasteiger charge is 2.25. The number of carbonyl (C=O) groups is 1. The number of halogens is 2. The van der Waals surface area contributed by atoms with Crippen LogP contribution in [-0.2, 0) is 17.8 Å². The molecule has 0 aliphatic carbocycles. The summed E-state index contributed by atoms with van der Waals surface area (Å²) >= 11 is 7.59. The summed E-state index contributed by atoms with van der Waals surface area (Å²) in [4.78, 5) is 25.2. The number of hydrogen-bond acceptors (Lipinski definition) is 4. The number of aliphatic imine (C=N–C) groups is 1. The van der Waals surface area contributed by atoms with Crippen LogP contribution in [0, 0.1) is 6.92 Å². The van der Waals surface area contributed by atoms with E-state index in [0.29, 0.717) is 24.7 Å². The molecule has 1 fully saturated rings. The maximum absolute atomic E-state index is 12.6. The van der Waals surface area contributed by atoms with Crippen molar-refractivity contribution in [1.29, 1.82) is 0 Å². The van der Waals surface area contributed by atoms with Crippen molar-refractivity contribution in [1.82, 2.24) is 20.1 Å². The summed E-state index contributed by atoms with van der Waals surface area (Å²) in [6, 6.07) is 7.63. The second kappa shape index (κ2) is 11.0. The first kappa shape index (κ1) is 22.9. The predicted molar refractivity (Wildman–Crippen MR) is 126 cm³/mol. The van der Waals surface area contributed by atoms with E-state index in [1.807, 2.05) is 41.0 Å². The zero-order valence-electron chi connectivity index (χ0n) is 16.0. The molecule has 1 aromatic heterocycles. The fourth-order valence-corrected chi connectivity index (χ4v) is 3.80. The highest BCUT2D eigenvalue weighted by molar-refractivity contribution is 14.0. The van der Waals surface area contributed by atoms with Crippen LogP contribution in [0.2, 0.25) is 5.02 Å². The first-order valence-corrected chi connectivity index (χ1v) is 10.2. The third-order valence-electron chi connectivity index (χ3n) is 4.45. The molecule has 0 bridgehead atoms. The molecule has 152 valence electrons. The fraction of sp³-hybridized carbons (Fsp3) is 0.421. The Labute approximate surface area is 192 Å². The van der Waals surface area contributed by atoms with Crippen LogP contribution in [0.25, 0.3) is 0 Å². The van der Waals surface area contributed by atoms with Gasteiger partial charge in [-0.15, -0.1) is 35.3 Å². The molecule has 2 aromatic rings. The van der Waals surface area contributed by atoms with Crippen molar-refractivity contribution < 1.29 is 4.79 Å². The summed E-state index contributed by atoms with van der Waals surface area (Å²) in [6.07, 6.45) is 0.841. The van der Waals surface area contributed by atoms with Gasteiger partial charge in [0.1, 0.15) is 0 Å². The second-order valence-corrected chi connectivity index (χ2v) is 7.94. The van der Waals surface area contributed by atoms with Crippen molar-refractivity contribution in [3.05, 3.63) is 50.9 Å². The van der Waals surface area contributed by atoms with Gasteiger partial charge in [-0.2, -0.15) is 0 Å². The van der Waals surface area contributed by atoms with Gasteiger partial charge in [0.05, 0.1) is 17.2 Å². The van der Waals surface area contributed by atoms with E-state index in [1.54, 1.807) is 18.4 Å². The normalized spacial score (nSPS) is 14.8. The van der Waals surface area contributed by atoms with Crippen molar-refractivity contribution >= 4 is 58.8 Å². The zero-order chi connectivity index (χ0) is 19.2. The number of amides is 1. The SMILES string of the molecule is CN=C(NCCc1csc(C)n1)N1CCN(Cc2ccc(Cl)cc2)C(=O)C1.I. The van der Waals surface area contributed by atoms with Gasteiger partial charge < -0.3 is 15.1 Å². The van der Waals surface area contributed by atoms with Crippen LogP contribution in [0.1, 0.15) is 16.3 Å². The van der Waals surface area contributed by atoms with Gasteiger partial charge in [0, 0.05) is 50.1 Å². The van der Waals surface area contributed by atoms with E-state index >= 15 is 0 Å². The molecule has 2 heterocycles. The number of thiazole rings is 1. The van der Waals surface area contributed by atoms with Crippen LogP contribution < -0.4 is 5.32 Å². The van der Waals surface area contributed by atoms with Crippen LogP contribution in [0.5, 0.6) is 0 Å². The van der Waals surface area contributed by atoms with Crippen molar-refractivity contribution in [2.45, 2.75) is 19.9 Å². The molecule has 1 saturated heterocycles. The van der Waals surface area contributed by atoms with Crippen LogP contribution in [-0.4, -0.2) is 59.9 Å². The van der Waals surface area contributed by atoms with Gasteiger partial charge in [-0.05, 0) is 24.6 Å². The summed E-state index contributed by atoms with van der Waals surface area (Å²) in [5.41, 5.74) is 2.17. The van der Waals surface area contributed by atoms with Crippen LogP contribution >= 0.6 is 46.9 Å². The van der Waals surface area contributed by atoms with Gasteiger partial charge in [0.25, 0.3) is 0 Å². The molecule has 3 rings (SSSR count). The highest BCUT2D eigenvalue weighted by atomic mass is 127. The molecule has 6 nitrogen and oxygen atoms in total. The molecule has 1 amide bonds. The number of piperazine rings is 1. The fourth-order valence-electron chi connectivity index (χ4n) is 3.02. The Morgan fingerprint density at radius 1 is 1.32 bits per heavy atom. The van der Waals surface area contributed by atoms with E-state index in [0.717, 1.165) is 41.7 Å². The quantitative estimate of drug-likeness (QED) is 0.364. The monoisotopic (exact) mass is 533 g/mol. The maximum atomic E-state index is 12.6. The standard InChI is InChI=1S/C19H24ClN5OS.HI/c1-14-23-17(13-27-14)7-8-22-19(21-2)25-10-9-24(18(26)12-25)11-15-3-5-16(20)6-4-15;/h3-6,13H,7-12H2,1-2H3,(H,21,22);1H. The molecule has 1 aliphatic rings. The molecule has 9 heteroatoms. The molecular formula is C19H25ClIN5OS. The van der Waals surface area contributed by atoms with E-state index in [4.69, 9.17) is 11.6 Å². The third-order valence-corrected chi connectivity index (χ3v) is 5.52. The Bertz CT molecular complexity index is 811. The number of nitrogens with one attached hydrogen (secondary N) is 1. The first-order valence-electron chi connectivity index (χ1n) is 8.94. The van der Waals surface area contributed by atoms with E-state index in [-0.39, 0.29) is 29.9 Å². The number of nitrogens with zero attached hydrogens (tertiary/aromatic N) is 4. The molecule has 28 heavy (non-hydrogen) atoms. The Morgan fingerprint density at radius 2 is 2.07 bits per heavy atom. The average molecular weight is 534 g/mol. The van der Waals surface area contributed by atoms with Gasteiger partial charge >= 0.3 is 0 Å². The van der Waals surface area contributed by atoms with Crippen LogP contribution in [0.15, 0.2) is 34.6 Å². The minimum absolute atomic E-state index is 0. The van der Waals surface area contributed by atoms with E-state index in [1.165, 1.54) is 0 Å². The molecule has 0 unspecified atom stereocenters. The first-order chi connectivity index (χ1) is 13.0. The number of aryl methyl sites for hydroxylation is 1. The molecule has 0 saturated carbocycles. The predicted octanol–water partition coefficient (Wildman–Crippen LogP) is 3.19. The largest absolute Gasteiger partial charge is 0.356 e. The minimum Gasteiger partial charge on any atom is -0.356 e. The molecule has 1 aliphatic heterocycles. The van der Waals surface area contributed by atoms with Crippen molar-refractivity contribution in [3.63, 3.8) is 0 Å². The number of benzene rings is 1. The zero-order valence-corrected chi connectivity index (χ0v) is 19.9.